The predicted molar refractivity (Wildman–Crippen MR) is 61.9 cm³/mol. The maximum Gasteiger partial charge on any atom is 0.161 e. The lowest BCUT2D eigenvalue weighted by molar-refractivity contribution is 0.117. The quantitative estimate of drug-likeness (QED) is 0.821. The molecule has 0 atom stereocenters. The Morgan fingerprint density at radius 2 is 2.12 bits per heavy atom. The fourth-order valence-electron chi connectivity index (χ4n) is 2.34. The molecule has 0 heterocycles. The van der Waals surface area contributed by atoms with Gasteiger partial charge in [0.25, 0.3) is 0 Å². The monoisotopic (exact) mass is 222 g/mol. The van der Waals surface area contributed by atoms with E-state index >= 15 is 0 Å². The van der Waals surface area contributed by atoms with Gasteiger partial charge in [0.05, 0.1) is 13.2 Å². The molecule has 2 rings (SSSR count). The van der Waals surface area contributed by atoms with Gasteiger partial charge < -0.3 is 14.9 Å². The minimum absolute atomic E-state index is 0.0934. The van der Waals surface area contributed by atoms with Gasteiger partial charge in [-0.15, -0.1) is 0 Å². The number of aliphatic hydroxyl groups excluding tert-OH is 1. The van der Waals surface area contributed by atoms with E-state index in [9.17, 15) is 10.2 Å². The second kappa shape index (κ2) is 4.34. The molecule has 0 aromatic heterocycles. The second-order valence-electron chi connectivity index (χ2n) is 4.38. The number of aromatic hydroxyl groups is 1. The number of phenols is 1. The van der Waals surface area contributed by atoms with Crippen LogP contribution in [0.5, 0.6) is 11.5 Å². The van der Waals surface area contributed by atoms with Crippen LogP contribution in [-0.2, 0) is 5.41 Å². The molecule has 0 radical (unpaired) electrons. The number of benzene rings is 1. The zero-order valence-corrected chi connectivity index (χ0v) is 9.57. The zero-order chi connectivity index (χ0) is 11.6. The number of aliphatic hydroxyl groups is 1. The van der Waals surface area contributed by atoms with Crippen molar-refractivity contribution in [1.82, 2.24) is 0 Å². The lowest BCUT2D eigenvalue weighted by Crippen LogP contribution is -2.37. The van der Waals surface area contributed by atoms with Gasteiger partial charge in [-0.1, -0.05) is 18.6 Å². The van der Waals surface area contributed by atoms with Crippen molar-refractivity contribution in [3.05, 3.63) is 23.8 Å². The average Bonchev–Trinajstić information content (AvgIpc) is 2.23. The third-order valence-electron chi connectivity index (χ3n) is 3.48. The Hall–Kier alpha value is -1.22. The Balaban J connectivity index is 2.37. The molecule has 0 amide bonds. The Labute approximate surface area is 95.7 Å². The van der Waals surface area contributed by atoms with Crippen LogP contribution in [0.15, 0.2) is 18.2 Å². The molecule has 1 fully saturated rings. The normalized spacial score (nSPS) is 17.9. The zero-order valence-electron chi connectivity index (χ0n) is 9.57. The summed E-state index contributed by atoms with van der Waals surface area (Å²) in [4.78, 5) is 0. The lowest BCUT2D eigenvalue weighted by Gasteiger charge is -2.41. The first-order valence-electron chi connectivity index (χ1n) is 5.79. The van der Waals surface area contributed by atoms with Crippen LogP contribution in [0.1, 0.15) is 31.7 Å². The van der Waals surface area contributed by atoms with Crippen molar-refractivity contribution in [2.45, 2.75) is 31.6 Å². The Morgan fingerprint density at radius 3 is 2.62 bits per heavy atom. The van der Waals surface area contributed by atoms with E-state index in [1.165, 1.54) is 0 Å². The molecule has 0 bridgehead atoms. The third kappa shape index (κ3) is 1.65. The lowest BCUT2D eigenvalue weighted by atomic mass is 9.65. The van der Waals surface area contributed by atoms with Gasteiger partial charge >= 0.3 is 0 Å². The molecule has 0 spiro atoms. The van der Waals surface area contributed by atoms with Gasteiger partial charge in [-0.05, 0) is 25.8 Å². The molecule has 1 aromatic carbocycles. The number of ether oxygens (including phenoxy) is 1. The minimum Gasteiger partial charge on any atom is -0.504 e. The largest absolute Gasteiger partial charge is 0.504 e. The van der Waals surface area contributed by atoms with E-state index in [1.54, 1.807) is 6.07 Å². The average molecular weight is 222 g/mol. The van der Waals surface area contributed by atoms with Gasteiger partial charge in [-0.3, -0.25) is 0 Å². The number of rotatable bonds is 4. The summed E-state index contributed by atoms with van der Waals surface area (Å²) in [6.07, 6.45) is 2.98. The van der Waals surface area contributed by atoms with E-state index in [-0.39, 0.29) is 17.8 Å². The second-order valence-corrected chi connectivity index (χ2v) is 4.38. The summed E-state index contributed by atoms with van der Waals surface area (Å²) in [6, 6.07) is 5.51. The van der Waals surface area contributed by atoms with Gasteiger partial charge in [0.2, 0.25) is 0 Å². The molecule has 1 saturated carbocycles. The Morgan fingerprint density at radius 1 is 1.38 bits per heavy atom. The van der Waals surface area contributed by atoms with Crippen molar-refractivity contribution in [2.75, 3.05) is 13.2 Å². The number of hydrogen-bond donors (Lipinski definition) is 2. The molecule has 16 heavy (non-hydrogen) atoms. The van der Waals surface area contributed by atoms with Crippen LogP contribution in [0.3, 0.4) is 0 Å². The van der Waals surface area contributed by atoms with Gasteiger partial charge in [-0.25, -0.2) is 0 Å². The van der Waals surface area contributed by atoms with Crippen molar-refractivity contribution in [2.24, 2.45) is 0 Å². The van der Waals surface area contributed by atoms with Crippen LogP contribution in [0.2, 0.25) is 0 Å². The summed E-state index contributed by atoms with van der Waals surface area (Å²) < 4.78 is 5.35. The van der Waals surface area contributed by atoms with E-state index < -0.39 is 0 Å². The fourth-order valence-corrected chi connectivity index (χ4v) is 2.34. The van der Waals surface area contributed by atoms with Crippen LogP contribution >= 0.6 is 0 Å². The number of phenolic OH excluding ortho intramolecular Hbond substituents is 1. The van der Waals surface area contributed by atoms with Crippen LogP contribution in [0.25, 0.3) is 0 Å². The van der Waals surface area contributed by atoms with E-state index in [1.807, 2.05) is 19.1 Å². The van der Waals surface area contributed by atoms with Crippen molar-refractivity contribution in [1.29, 1.82) is 0 Å². The smallest absolute Gasteiger partial charge is 0.161 e. The molecular formula is C13H18O3. The Bertz CT molecular complexity index is 364. The third-order valence-corrected chi connectivity index (χ3v) is 3.48. The number of hydrogen-bond acceptors (Lipinski definition) is 3. The first-order valence-corrected chi connectivity index (χ1v) is 5.79. The van der Waals surface area contributed by atoms with Crippen molar-refractivity contribution >= 4 is 0 Å². The summed E-state index contributed by atoms with van der Waals surface area (Å²) in [6.45, 7) is 2.51. The van der Waals surface area contributed by atoms with E-state index in [2.05, 4.69) is 0 Å². The fraction of sp³-hybridized carbons (Fsp3) is 0.538. The molecule has 0 aliphatic heterocycles. The van der Waals surface area contributed by atoms with Crippen molar-refractivity contribution in [3.8, 4) is 11.5 Å². The van der Waals surface area contributed by atoms with Gasteiger partial charge in [0.1, 0.15) is 0 Å². The first kappa shape index (κ1) is 11.3. The predicted octanol–water partition coefficient (Wildman–Crippen LogP) is 2.20. The maximum absolute atomic E-state index is 10.1. The SMILES string of the molecule is CCOc1cccc(C2(CO)CCC2)c1O. The van der Waals surface area contributed by atoms with Gasteiger partial charge in [-0.2, -0.15) is 0 Å². The van der Waals surface area contributed by atoms with Crippen LogP contribution in [0.4, 0.5) is 0 Å². The highest BCUT2D eigenvalue weighted by atomic mass is 16.5. The molecular weight excluding hydrogens is 204 g/mol. The van der Waals surface area contributed by atoms with E-state index in [4.69, 9.17) is 4.74 Å². The van der Waals surface area contributed by atoms with E-state index in [0.29, 0.717) is 12.4 Å². The van der Waals surface area contributed by atoms with Crippen LogP contribution in [-0.4, -0.2) is 23.4 Å². The molecule has 3 heteroatoms. The van der Waals surface area contributed by atoms with Crippen LogP contribution < -0.4 is 4.74 Å². The summed E-state index contributed by atoms with van der Waals surface area (Å²) in [5.74, 6) is 0.706. The topological polar surface area (TPSA) is 49.7 Å². The first-order chi connectivity index (χ1) is 7.73. The molecule has 0 saturated heterocycles. The molecule has 0 unspecified atom stereocenters. The van der Waals surface area contributed by atoms with Crippen LogP contribution in [0, 0.1) is 0 Å². The van der Waals surface area contributed by atoms with Crippen molar-refractivity contribution in [3.63, 3.8) is 0 Å². The highest BCUT2D eigenvalue weighted by Gasteiger charge is 2.40. The summed E-state index contributed by atoms with van der Waals surface area (Å²) in [5.41, 5.74) is 0.587. The molecule has 1 aliphatic carbocycles. The molecule has 3 nitrogen and oxygen atoms in total. The summed E-state index contributed by atoms with van der Waals surface area (Å²) >= 11 is 0. The standard InChI is InChI=1S/C13H18O3/c1-2-16-11-6-3-5-10(12(11)15)13(9-14)7-4-8-13/h3,5-6,14-15H,2,4,7-9H2,1H3. The Kier molecular flexibility index (Phi) is 3.06. The van der Waals surface area contributed by atoms with Crippen molar-refractivity contribution < 1.29 is 14.9 Å². The summed E-state index contributed by atoms with van der Waals surface area (Å²) in [7, 11) is 0. The summed E-state index contributed by atoms with van der Waals surface area (Å²) in [5, 5.41) is 19.6. The van der Waals surface area contributed by atoms with Gasteiger partial charge in [0.15, 0.2) is 11.5 Å². The number of para-hydroxylation sites is 1. The van der Waals surface area contributed by atoms with Gasteiger partial charge in [0, 0.05) is 11.0 Å². The molecule has 88 valence electrons. The molecule has 2 N–H and O–H groups in total. The van der Waals surface area contributed by atoms with E-state index in [0.717, 1.165) is 24.8 Å². The highest BCUT2D eigenvalue weighted by Crippen LogP contribution is 2.48. The molecule has 1 aliphatic rings. The maximum atomic E-state index is 10.1. The minimum atomic E-state index is -0.239. The highest BCUT2D eigenvalue weighted by molar-refractivity contribution is 5.50. The molecule has 1 aromatic rings.